The largest absolute Gasteiger partial charge is 0 e. The maximum absolute atomic E-state index is 0. The molecule has 0 aromatic rings. The van der Waals surface area contributed by atoms with E-state index in [2.05, 4.69) is 0 Å². The van der Waals surface area contributed by atoms with Gasteiger partial charge in [-0.1, -0.05) is 0 Å². The predicted octanol–water partition coefficient (Wildman–Crippen LogP) is -1.30. The average Bonchev–Trinajstić information content (AvgIpc) is 0. The molecule has 0 N–H and O–H groups in total. The van der Waals surface area contributed by atoms with Gasteiger partial charge in [0.15, 0.2) is 0 Å². The van der Waals surface area contributed by atoms with Crippen LogP contribution in [0.5, 0.6) is 0 Å². The number of hydrogen-bond acceptors (Lipinski definition) is 0. The van der Waals surface area contributed by atoms with Gasteiger partial charge in [-0.2, -0.15) is 0 Å². The first-order valence-electron chi connectivity index (χ1n) is 0. The smallest absolute Gasteiger partial charge is 0 e. The van der Waals surface area contributed by atoms with E-state index in [9.17, 15) is 0 Å². The molecule has 0 saturated carbocycles. The van der Waals surface area contributed by atoms with Gasteiger partial charge in [-0.25, -0.2) is 0 Å². The molecule has 0 aliphatic carbocycles. The van der Waals surface area contributed by atoms with Crippen molar-refractivity contribution >= 4 is 35.7 Å². The van der Waals surface area contributed by atoms with Gasteiger partial charge in [-0.3, -0.25) is 0 Å². The molecular formula is H2BNiPbTi. The van der Waals surface area contributed by atoms with Crippen molar-refractivity contribution in [2.24, 2.45) is 0 Å². The Bertz CT molecular complexity index is 8.00. The van der Waals surface area contributed by atoms with Gasteiger partial charge < -0.3 is 0 Å². The molecule has 0 aromatic carbocycles. The van der Waals surface area contributed by atoms with Crippen LogP contribution in [-0.4, -0.2) is 35.7 Å². The minimum atomic E-state index is 0. The number of hydrogen-bond donors (Lipinski definition) is 0. The van der Waals surface area contributed by atoms with Crippen LogP contribution < -0.4 is 0 Å². The SMILES string of the molecule is [B].[Ni].[PbH2].[Ti]. The zero-order valence-electron chi connectivity index (χ0n) is 2.10. The van der Waals surface area contributed by atoms with E-state index < -0.39 is 0 Å². The van der Waals surface area contributed by atoms with Gasteiger partial charge in [0.2, 0.25) is 0 Å². The Hall–Kier alpha value is 2.19. The summed E-state index contributed by atoms with van der Waals surface area (Å²) in [7, 11) is 0. The van der Waals surface area contributed by atoms with Crippen molar-refractivity contribution < 1.29 is 38.2 Å². The average molecular weight is 327 g/mol. The van der Waals surface area contributed by atoms with Crippen molar-refractivity contribution in [3.05, 3.63) is 0 Å². The van der Waals surface area contributed by atoms with E-state index in [1.165, 1.54) is 0 Å². The van der Waals surface area contributed by atoms with Crippen LogP contribution in [0.4, 0.5) is 0 Å². The Balaban J connectivity index is 0. The van der Waals surface area contributed by atoms with Crippen LogP contribution in [0.3, 0.4) is 0 Å². The van der Waals surface area contributed by atoms with Crippen LogP contribution in [0, 0.1) is 0 Å². The summed E-state index contributed by atoms with van der Waals surface area (Å²) in [6.07, 6.45) is 0. The van der Waals surface area contributed by atoms with Gasteiger partial charge in [-0.05, 0) is 0 Å². The fourth-order valence-corrected chi connectivity index (χ4v) is 0. The molecule has 0 aromatic heterocycles. The first-order chi connectivity index (χ1) is 0. The Morgan fingerprint density at radius 2 is 1.00 bits per heavy atom. The maximum Gasteiger partial charge on any atom is 0 e. The van der Waals surface area contributed by atoms with Crippen LogP contribution in [0.25, 0.3) is 0 Å². The monoisotopic (exact) mass is 327 g/mol. The van der Waals surface area contributed by atoms with Gasteiger partial charge in [-0.15, -0.1) is 0 Å². The van der Waals surface area contributed by atoms with Crippen molar-refractivity contribution in [1.82, 2.24) is 0 Å². The molecule has 0 rings (SSSR count). The second-order valence-corrected chi connectivity index (χ2v) is 0. The van der Waals surface area contributed by atoms with Crippen molar-refractivity contribution in [3.8, 4) is 0 Å². The van der Waals surface area contributed by atoms with Gasteiger partial charge in [0.1, 0.15) is 0 Å². The standard InChI is InChI=1S/B.Ni.Pb.Ti.2H. The van der Waals surface area contributed by atoms with E-state index in [4.69, 9.17) is 0 Å². The molecule has 0 fully saturated rings. The molecule has 0 nitrogen and oxygen atoms in total. The van der Waals surface area contributed by atoms with Crippen molar-refractivity contribution in [2.75, 3.05) is 0 Å². The fourth-order valence-electron chi connectivity index (χ4n) is 0. The second-order valence-electron chi connectivity index (χ2n) is 0. The minimum absolute atomic E-state index is 0. The van der Waals surface area contributed by atoms with E-state index >= 15 is 0 Å². The molecule has 4 heteroatoms. The topological polar surface area (TPSA) is 0 Å². The summed E-state index contributed by atoms with van der Waals surface area (Å²) in [4.78, 5) is 0. The molecule has 5 radical (unpaired) electrons. The Labute approximate surface area is 73.0 Å². The normalized spacial score (nSPS) is 0. The molecule has 0 atom stereocenters. The molecular weight excluding hydrogens is 325 g/mol. The van der Waals surface area contributed by atoms with Crippen LogP contribution in [0.15, 0.2) is 0 Å². The first kappa shape index (κ1) is 34.7. The van der Waals surface area contributed by atoms with E-state index in [0.717, 1.165) is 0 Å². The zero-order chi connectivity index (χ0) is 0. The van der Waals surface area contributed by atoms with Gasteiger partial charge in [0, 0.05) is 46.6 Å². The molecule has 0 spiro atoms. The molecule has 0 unspecified atom stereocenters. The van der Waals surface area contributed by atoms with Crippen LogP contribution >= 0.6 is 0 Å². The Morgan fingerprint density at radius 1 is 1.00 bits per heavy atom. The van der Waals surface area contributed by atoms with Crippen LogP contribution in [0.2, 0.25) is 0 Å². The molecule has 23 valence electrons. The van der Waals surface area contributed by atoms with Crippen LogP contribution in [-0.2, 0) is 38.2 Å². The van der Waals surface area contributed by atoms with Crippen LogP contribution in [0.1, 0.15) is 0 Å². The zero-order valence-corrected chi connectivity index (χ0v) is 10.1. The Kier molecular flexibility index (Phi) is 165. The summed E-state index contributed by atoms with van der Waals surface area (Å²) in [6, 6.07) is 0. The van der Waals surface area contributed by atoms with E-state index in [-0.39, 0.29) is 73.9 Å². The summed E-state index contributed by atoms with van der Waals surface area (Å²) in [5.41, 5.74) is 0. The third-order valence-corrected chi connectivity index (χ3v) is 0. The second kappa shape index (κ2) is 19.0. The molecule has 0 aliphatic rings. The summed E-state index contributed by atoms with van der Waals surface area (Å²) in [5.74, 6) is 0. The predicted molar refractivity (Wildman–Crippen MR) is 14.3 cm³/mol. The van der Waals surface area contributed by atoms with Crippen molar-refractivity contribution in [3.63, 3.8) is 0 Å². The van der Waals surface area contributed by atoms with Gasteiger partial charge in [0.05, 0.1) is 0 Å². The molecule has 0 heterocycles. The van der Waals surface area contributed by atoms with Crippen molar-refractivity contribution in [2.45, 2.75) is 0 Å². The molecule has 0 aliphatic heterocycles. The summed E-state index contributed by atoms with van der Waals surface area (Å²) >= 11 is 0. The third kappa shape index (κ3) is 8.89. The van der Waals surface area contributed by atoms with E-state index in [1.807, 2.05) is 0 Å². The first-order valence-corrected chi connectivity index (χ1v) is 0. The Morgan fingerprint density at radius 3 is 1.00 bits per heavy atom. The quantitative estimate of drug-likeness (QED) is 0.486. The van der Waals surface area contributed by atoms with E-state index in [0.29, 0.717) is 0 Å². The van der Waals surface area contributed by atoms with Gasteiger partial charge >= 0.3 is 27.3 Å². The van der Waals surface area contributed by atoms with E-state index in [1.54, 1.807) is 0 Å². The van der Waals surface area contributed by atoms with Gasteiger partial charge in [0.25, 0.3) is 0 Å². The number of rotatable bonds is 0. The fraction of sp³-hybridized carbons (Fsp3) is 0. The molecule has 0 saturated heterocycles. The molecule has 4 heavy (non-hydrogen) atoms. The van der Waals surface area contributed by atoms with Crippen molar-refractivity contribution in [1.29, 1.82) is 0 Å². The maximum atomic E-state index is 0. The third-order valence-electron chi connectivity index (χ3n) is 0. The summed E-state index contributed by atoms with van der Waals surface area (Å²) < 4.78 is 0. The minimum Gasteiger partial charge on any atom is 0 e. The summed E-state index contributed by atoms with van der Waals surface area (Å²) in [5, 5.41) is 0. The summed E-state index contributed by atoms with van der Waals surface area (Å²) in [6.45, 7) is 0. The molecule has 0 amide bonds. The molecule has 0 bridgehead atoms.